The van der Waals surface area contributed by atoms with Crippen LogP contribution in [0.4, 0.5) is 16.2 Å². The van der Waals surface area contributed by atoms with Crippen molar-refractivity contribution in [2.45, 2.75) is 71.9 Å². The number of hydrogen-bond donors (Lipinski definition) is 5. The summed E-state index contributed by atoms with van der Waals surface area (Å²) in [5.74, 6) is -1.42. The normalized spacial score (nSPS) is 28.8. The number of nitrogens with two attached hydrogens (primary N) is 1. The highest BCUT2D eigenvalue weighted by Crippen LogP contribution is 2.43. The highest BCUT2D eigenvalue weighted by Gasteiger charge is 2.30. The fraction of sp³-hybridized carbons (Fsp3) is 0.516. The number of anilines is 2. The highest BCUT2D eigenvalue weighted by molar-refractivity contribution is 6.05. The third-order valence-electron chi connectivity index (χ3n) is 7.31. The molecule has 12 heteroatoms. The van der Waals surface area contributed by atoms with E-state index in [1.807, 2.05) is 13.8 Å². The van der Waals surface area contributed by atoms with Gasteiger partial charge in [0.05, 0.1) is 30.7 Å². The minimum atomic E-state index is -0.995. The third-order valence-corrected chi connectivity index (χ3v) is 7.31. The lowest BCUT2D eigenvalue weighted by Crippen LogP contribution is -2.37. The van der Waals surface area contributed by atoms with E-state index in [4.69, 9.17) is 24.7 Å². The molecule has 1 aromatic carbocycles. The molecule has 2 rings (SSSR count). The van der Waals surface area contributed by atoms with Crippen molar-refractivity contribution in [1.82, 2.24) is 0 Å². The number of primary amides is 1. The summed E-state index contributed by atoms with van der Waals surface area (Å²) in [6.07, 6.45) is 2.91. The summed E-state index contributed by atoms with van der Waals surface area (Å²) in [5.41, 5.74) is 6.96. The van der Waals surface area contributed by atoms with E-state index in [1.165, 1.54) is 40.4 Å². The van der Waals surface area contributed by atoms with Crippen LogP contribution in [0.15, 0.2) is 41.5 Å². The van der Waals surface area contributed by atoms with Gasteiger partial charge in [0.15, 0.2) is 6.10 Å². The van der Waals surface area contributed by atoms with Gasteiger partial charge in [0.1, 0.15) is 17.6 Å². The van der Waals surface area contributed by atoms with Gasteiger partial charge in [-0.05, 0) is 44.2 Å². The first-order chi connectivity index (χ1) is 20.2. The van der Waals surface area contributed by atoms with Crippen LogP contribution in [0.5, 0.6) is 11.5 Å². The number of nitrogens with one attached hydrogen (secondary N) is 2. The number of phenols is 1. The van der Waals surface area contributed by atoms with Crippen LogP contribution in [0.1, 0.15) is 46.6 Å². The van der Waals surface area contributed by atoms with E-state index < -0.39 is 42.3 Å². The Morgan fingerprint density at radius 1 is 1.14 bits per heavy atom. The summed E-state index contributed by atoms with van der Waals surface area (Å²) in [4.78, 5) is 36.8. The van der Waals surface area contributed by atoms with Crippen LogP contribution in [-0.4, -0.2) is 73.9 Å². The van der Waals surface area contributed by atoms with Crippen molar-refractivity contribution in [2.75, 3.05) is 32.0 Å². The lowest BCUT2D eigenvalue weighted by Gasteiger charge is -2.29. The largest absolute Gasteiger partial charge is 0.505 e. The molecule has 0 radical (unpaired) electrons. The first-order valence-corrected chi connectivity index (χ1v) is 14.0. The Morgan fingerprint density at radius 3 is 2.37 bits per heavy atom. The Balaban J connectivity index is 2.72. The molecular weight excluding hydrogens is 558 g/mol. The Kier molecular flexibility index (Phi) is 13.2. The van der Waals surface area contributed by atoms with Crippen molar-refractivity contribution < 1.29 is 43.5 Å². The highest BCUT2D eigenvalue weighted by atomic mass is 16.6. The number of carbonyl (C=O) groups excluding carboxylic acids is 3. The number of aromatic hydroxyl groups is 1. The number of aliphatic hydroxyl groups is 1. The molecule has 1 aliphatic heterocycles. The zero-order chi connectivity index (χ0) is 32.4. The summed E-state index contributed by atoms with van der Waals surface area (Å²) in [5, 5.41) is 28.0. The predicted molar refractivity (Wildman–Crippen MR) is 163 cm³/mol. The molecule has 6 atom stereocenters. The average molecular weight is 604 g/mol. The van der Waals surface area contributed by atoms with Gasteiger partial charge in [0.2, 0.25) is 5.91 Å². The maximum Gasteiger partial charge on any atom is 0.405 e. The molecule has 6 N–H and O–H groups in total. The number of benzene rings is 1. The molecule has 12 nitrogen and oxygen atoms in total. The molecule has 2 bridgehead atoms. The molecule has 1 aliphatic rings. The van der Waals surface area contributed by atoms with Crippen LogP contribution in [-0.2, 0) is 30.2 Å². The summed E-state index contributed by atoms with van der Waals surface area (Å²) in [7, 11) is 4.37. The van der Waals surface area contributed by atoms with Crippen LogP contribution >= 0.6 is 0 Å². The molecule has 238 valence electrons. The van der Waals surface area contributed by atoms with Gasteiger partial charge >= 0.3 is 6.09 Å². The Morgan fingerprint density at radius 2 is 1.81 bits per heavy atom. The number of methoxy groups -OCH3 is 3. The number of carbonyl (C=O) groups is 3. The fourth-order valence-electron chi connectivity index (χ4n) is 5.11. The van der Waals surface area contributed by atoms with Crippen LogP contribution in [0.3, 0.4) is 0 Å². The van der Waals surface area contributed by atoms with E-state index in [2.05, 4.69) is 10.6 Å². The van der Waals surface area contributed by atoms with E-state index >= 15 is 0 Å². The quantitative estimate of drug-likeness (QED) is 0.190. The molecule has 0 fully saturated rings. The Bertz CT molecular complexity index is 1260. The lowest BCUT2D eigenvalue weighted by atomic mass is 9.87. The SMILES string of the molecule is COc1c(NC(C)=O)cc2c(O)c1C[C@@H](C)C[C@H](OC)[C@H](O)[C@@H](C)/C=C(\C)[C@H](OC(N)=O)[C@@H](OC)/C=C\C=C(/C)C(=O)N2. The van der Waals surface area contributed by atoms with Gasteiger partial charge in [-0.3, -0.25) is 9.59 Å². The van der Waals surface area contributed by atoms with Gasteiger partial charge < -0.3 is 45.5 Å². The summed E-state index contributed by atoms with van der Waals surface area (Å²) < 4.78 is 22.2. The number of amides is 3. The van der Waals surface area contributed by atoms with Crippen molar-refractivity contribution in [3.63, 3.8) is 0 Å². The maximum absolute atomic E-state index is 13.1. The van der Waals surface area contributed by atoms with Crippen molar-refractivity contribution in [2.24, 2.45) is 17.6 Å². The van der Waals surface area contributed by atoms with E-state index in [1.54, 1.807) is 32.1 Å². The first-order valence-electron chi connectivity index (χ1n) is 14.0. The van der Waals surface area contributed by atoms with Crippen LogP contribution in [0.25, 0.3) is 0 Å². The smallest absolute Gasteiger partial charge is 0.405 e. The molecule has 0 aromatic heterocycles. The Hall–Kier alpha value is -3.87. The number of fused-ring (bicyclic) bond motifs is 2. The predicted octanol–water partition coefficient (Wildman–Crippen LogP) is 3.82. The van der Waals surface area contributed by atoms with E-state index in [-0.39, 0.29) is 46.7 Å². The van der Waals surface area contributed by atoms with Crippen LogP contribution in [0, 0.1) is 11.8 Å². The molecule has 1 aromatic rings. The molecule has 43 heavy (non-hydrogen) atoms. The monoisotopic (exact) mass is 603 g/mol. The molecule has 0 saturated heterocycles. The molecule has 3 amide bonds. The number of allylic oxidation sites excluding steroid dienone is 2. The minimum Gasteiger partial charge on any atom is -0.505 e. The number of phenolic OH excluding ortho intramolecular Hbond substituents is 1. The van der Waals surface area contributed by atoms with Gasteiger partial charge in [0, 0.05) is 38.2 Å². The summed E-state index contributed by atoms with van der Waals surface area (Å²) in [6, 6.07) is 1.43. The standard InChI is InChI=1S/C31H45N3O9/c1-16-12-21-27(37)22(15-23(29(21)42-8)33-20(5)35)34-30(38)17(2)10-9-11-24(40-6)28(43-31(32)39)19(4)14-18(3)26(36)25(13-16)41-7/h9-11,14-16,18,24-26,28,36-37H,12-13H2,1-8H3,(H2,32,39)(H,33,35)(H,34,38)/b11-9-,17-10+,19-14+/t16-,18+,24+,25+,26-,28+/m1/s1. The zero-order valence-electron chi connectivity index (χ0n) is 26.1. The number of hydrogen-bond acceptors (Lipinski definition) is 9. The second kappa shape index (κ2) is 16.1. The summed E-state index contributed by atoms with van der Waals surface area (Å²) >= 11 is 0. The Labute approximate surface area is 252 Å². The molecule has 0 saturated carbocycles. The van der Waals surface area contributed by atoms with Gasteiger partial charge in [-0.25, -0.2) is 4.79 Å². The molecule has 0 spiro atoms. The second-order valence-electron chi connectivity index (χ2n) is 10.8. The molecule has 0 unspecified atom stereocenters. The number of rotatable bonds is 5. The van der Waals surface area contributed by atoms with Gasteiger partial charge in [-0.1, -0.05) is 38.2 Å². The van der Waals surface area contributed by atoms with E-state index in [9.17, 15) is 24.6 Å². The maximum atomic E-state index is 13.1. The molecule has 1 heterocycles. The lowest BCUT2D eigenvalue weighted by molar-refractivity contribution is -0.114. The van der Waals surface area contributed by atoms with Crippen molar-refractivity contribution in [3.8, 4) is 11.5 Å². The molecular formula is C31H45N3O9. The fourth-order valence-corrected chi connectivity index (χ4v) is 5.11. The zero-order valence-corrected chi connectivity index (χ0v) is 26.1. The van der Waals surface area contributed by atoms with Gasteiger partial charge in [-0.15, -0.1) is 0 Å². The number of ether oxygens (including phenoxy) is 4. The van der Waals surface area contributed by atoms with E-state index in [0.29, 0.717) is 17.6 Å². The van der Waals surface area contributed by atoms with Crippen LogP contribution in [0.2, 0.25) is 0 Å². The van der Waals surface area contributed by atoms with Crippen molar-refractivity contribution in [3.05, 3.63) is 47.1 Å². The molecule has 0 aliphatic carbocycles. The average Bonchev–Trinajstić information content (AvgIpc) is 2.93. The first kappa shape index (κ1) is 35.3. The van der Waals surface area contributed by atoms with E-state index in [0.717, 1.165) is 0 Å². The van der Waals surface area contributed by atoms with Crippen molar-refractivity contribution >= 4 is 29.3 Å². The van der Waals surface area contributed by atoms with Crippen LogP contribution < -0.4 is 21.1 Å². The summed E-state index contributed by atoms with van der Waals surface area (Å²) in [6.45, 7) is 8.40. The van der Waals surface area contributed by atoms with Crippen molar-refractivity contribution in [1.29, 1.82) is 0 Å². The third kappa shape index (κ3) is 9.57. The minimum absolute atomic E-state index is 0.0767. The second-order valence-corrected chi connectivity index (χ2v) is 10.8. The number of aliphatic hydroxyl groups excluding tert-OH is 1. The topological polar surface area (TPSA) is 179 Å². The van der Waals surface area contributed by atoms with Gasteiger partial charge in [0.25, 0.3) is 5.91 Å². The van der Waals surface area contributed by atoms with Gasteiger partial charge in [-0.2, -0.15) is 0 Å².